The number of carbonyl (C=O) groups excluding carboxylic acids is 1. The van der Waals surface area contributed by atoms with Gasteiger partial charge in [-0.3, -0.25) is 10.1 Å². The van der Waals surface area contributed by atoms with E-state index in [-0.39, 0.29) is 42.1 Å². The van der Waals surface area contributed by atoms with Crippen LogP contribution < -0.4 is 9.47 Å². The van der Waals surface area contributed by atoms with Gasteiger partial charge in [0.15, 0.2) is 5.75 Å². The molecule has 0 bridgehead atoms. The molecule has 0 aliphatic carbocycles. The number of nitro benzene ring substituents is 1. The van der Waals surface area contributed by atoms with Crippen molar-refractivity contribution >= 4 is 11.7 Å². The van der Waals surface area contributed by atoms with Gasteiger partial charge in [0.2, 0.25) is 5.75 Å². The third kappa shape index (κ3) is 4.84. The van der Waals surface area contributed by atoms with E-state index in [4.69, 9.17) is 14.2 Å². The molecule has 1 aromatic rings. The first kappa shape index (κ1) is 18.2. The van der Waals surface area contributed by atoms with Crippen molar-refractivity contribution in [3.63, 3.8) is 0 Å². The van der Waals surface area contributed by atoms with Crippen LogP contribution in [0, 0.1) is 10.1 Å². The summed E-state index contributed by atoms with van der Waals surface area (Å²) >= 11 is 0. The highest BCUT2D eigenvalue weighted by atomic mass is 16.6. The van der Waals surface area contributed by atoms with Crippen LogP contribution in [0.1, 0.15) is 24.2 Å². The predicted octanol–water partition coefficient (Wildman–Crippen LogP) is 3.29. The van der Waals surface area contributed by atoms with E-state index in [0.29, 0.717) is 0 Å². The van der Waals surface area contributed by atoms with Gasteiger partial charge in [0.1, 0.15) is 18.8 Å². The predicted molar refractivity (Wildman–Crippen MR) is 85.0 cm³/mol. The fourth-order valence-electron chi connectivity index (χ4n) is 1.70. The maximum Gasteiger partial charge on any atom is 0.342 e. The third-order valence-electron chi connectivity index (χ3n) is 2.54. The normalized spacial score (nSPS) is 10.0. The largest absolute Gasteiger partial charge is 0.484 e. The molecule has 0 aliphatic rings. The van der Waals surface area contributed by atoms with Crippen molar-refractivity contribution in [2.75, 3.05) is 13.2 Å². The van der Waals surface area contributed by atoms with E-state index in [2.05, 4.69) is 13.2 Å². The molecule has 0 atom stereocenters. The molecular formula is C16H19NO6. The van der Waals surface area contributed by atoms with E-state index in [0.717, 1.165) is 0 Å². The summed E-state index contributed by atoms with van der Waals surface area (Å²) < 4.78 is 15.9. The molecule has 0 N–H and O–H groups in total. The lowest BCUT2D eigenvalue weighted by Crippen LogP contribution is -2.13. The molecule has 7 heteroatoms. The van der Waals surface area contributed by atoms with Crippen LogP contribution in [-0.2, 0) is 4.74 Å². The van der Waals surface area contributed by atoms with Crippen molar-refractivity contribution in [2.45, 2.75) is 20.0 Å². The van der Waals surface area contributed by atoms with E-state index in [1.807, 2.05) is 0 Å². The Labute approximate surface area is 134 Å². The minimum atomic E-state index is -0.688. The molecule has 0 aliphatic heterocycles. The highest BCUT2D eigenvalue weighted by Gasteiger charge is 2.28. The van der Waals surface area contributed by atoms with Crippen molar-refractivity contribution in [3.05, 3.63) is 53.1 Å². The Hall–Kier alpha value is -2.83. The molecule has 124 valence electrons. The number of hydrogen-bond donors (Lipinski definition) is 0. The van der Waals surface area contributed by atoms with E-state index < -0.39 is 10.9 Å². The Kier molecular flexibility index (Phi) is 6.79. The average molecular weight is 321 g/mol. The summed E-state index contributed by atoms with van der Waals surface area (Å²) in [6.45, 7) is 10.5. The lowest BCUT2D eigenvalue weighted by atomic mass is 10.1. The van der Waals surface area contributed by atoms with Gasteiger partial charge in [0, 0.05) is 6.07 Å². The molecule has 0 saturated carbocycles. The van der Waals surface area contributed by atoms with Crippen LogP contribution >= 0.6 is 0 Å². The van der Waals surface area contributed by atoms with Crippen LogP contribution in [0.25, 0.3) is 0 Å². The van der Waals surface area contributed by atoms with Gasteiger partial charge < -0.3 is 14.2 Å². The molecule has 0 saturated heterocycles. The maximum absolute atomic E-state index is 12.1. The fourth-order valence-corrected chi connectivity index (χ4v) is 1.70. The van der Waals surface area contributed by atoms with Gasteiger partial charge in [-0.25, -0.2) is 4.79 Å². The topological polar surface area (TPSA) is 87.9 Å². The van der Waals surface area contributed by atoms with Crippen LogP contribution in [0.4, 0.5) is 5.69 Å². The number of esters is 1. The Morgan fingerprint density at radius 2 is 1.91 bits per heavy atom. The average Bonchev–Trinajstić information content (AvgIpc) is 2.50. The zero-order chi connectivity index (χ0) is 17.4. The van der Waals surface area contributed by atoms with Crippen molar-refractivity contribution in [1.29, 1.82) is 0 Å². The van der Waals surface area contributed by atoms with Crippen LogP contribution in [0.15, 0.2) is 37.4 Å². The first-order chi connectivity index (χ1) is 10.9. The van der Waals surface area contributed by atoms with Crippen LogP contribution in [0.5, 0.6) is 11.5 Å². The molecule has 1 aromatic carbocycles. The number of hydrogen-bond acceptors (Lipinski definition) is 6. The van der Waals surface area contributed by atoms with Gasteiger partial charge in [-0.05, 0) is 19.9 Å². The van der Waals surface area contributed by atoms with Gasteiger partial charge in [-0.1, -0.05) is 25.3 Å². The molecule has 0 fully saturated rings. The highest BCUT2D eigenvalue weighted by molar-refractivity contribution is 5.94. The Balaban J connectivity index is 3.44. The van der Waals surface area contributed by atoms with Gasteiger partial charge in [-0.2, -0.15) is 0 Å². The summed E-state index contributed by atoms with van der Waals surface area (Å²) in [6.07, 6.45) is 2.52. The van der Waals surface area contributed by atoms with Crippen molar-refractivity contribution in [1.82, 2.24) is 0 Å². The third-order valence-corrected chi connectivity index (χ3v) is 2.54. The zero-order valence-electron chi connectivity index (χ0n) is 13.1. The summed E-state index contributed by atoms with van der Waals surface area (Å²) in [5.41, 5.74) is -0.256. The molecule has 0 aromatic heterocycles. The smallest absolute Gasteiger partial charge is 0.342 e. The summed E-state index contributed by atoms with van der Waals surface area (Å²) in [5, 5.41) is 11.2. The molecule has 0 amide bonds. The first-order valence-corrected chi connectivity index (χ1v) is 6.92. The van der Waals surface area contributed by atoms with Gasteiger partial charge in [0.25, 0.3) is 0 Å². The summed E-state index contributed by atoms with van der Waals surface area (Å²) in [4.78, 5) is 22.7. The SMILES string of the molecule is C=CCOC(=O)c1ccc([N+](=O)[O-])c(OC(C)C)c1OCC=C. The van der Waals surface area contributed by atoms with Crippen molar-refractivity contribution in [2.24, 2.45) is 0 Å². The lowest BCUT2D eigenvalue weighted by Gasteiger charge is -2.17. The minimum absolute atomic E-state index is 0.0110. The van der Waals surface area contributed by atoms with Crippen LogP contribution in [0.2, 0.25) is 0 Å². The number of carbonyl (C=O) groups is 1. The second-order valence-electron chi connectivity index (χ2n) is 4.70. The molecule has 0 unspecified atom stereocenters. The molecule has 0 spiro atoms. The zero-order valence-corrected chi connectivity index (χ0v) is 13.1. The van der Waals surface area contributed by atoms with Crippen LogP contribution in [-0.4, -0.2) is 30.2 Å². The number of rotatable bonds is 9. The summed E-state index contributed by atoms with van der Waals surface area (Å²) in [5.74, 6) is -0.839. The number of benzene rings is 1. The van der Waals surface area contributed by atoms with Crippen molar-refractivity contribution in [3.8, 4) is 11.5 Å². The first-order valence-electron chi connectivity index (χ1n) is 6.92. The van der Waals surface area contributed by atoms with E-state index in [1.165, 1.54) is 24.3 Å². The second-order valence-corrected chi connectivity index (χ2v) is 4.70. The fraction of sp³-hybridized carbons (Fsp3) is 0.312. The maximum atomic E-state index is 12.1. The quantitative estimate of drug-likeness (QED) is 0.300. The number of nitro groups is 1. The van der Waals surface area contributed by atoms with E-state index >= 15 is 0 Å². The number of nitrogens with zero attached hydrogens (tertiary/aromatic N) is 1. The molecule has 0 heterocycles. The Morgan fingerprint density at radius 1 is 1.26 bits per heavy atom. The Morgan fingerprint density at radius 3 is 2.43 bits per heavy atom. The molecule has 0 radical (unpaired) electrons. The molecular weight excluding hydrogens is 302 g/mol. The monoisotopic (exact) mass is 321 g/mol. The second kappa shape index (κ2) is 8.57. The highest BCUT2D eigenvalue weighted by Crippen LogP contribution is 2.41. The summed E-state index contributed by atoms with van der Waals surface area (Å²) in [7, 11) is 0. The summed E-state index contributed by atoms with van der Waals surface area (Å²) in [6, 6.07) is 2.46. The standard InChI is InChI=1S/C16H19NO6/c1-5-9-21-14-12(16(18)22-10-6-2)7-8-13(17(19)20)15(14)23-11(3)4/h5-8,11H,1-2,9-10H2,3-4H3. The van der Waals surface area contributed by atoms with Gasteiger partial charge >= 0.3 is 11.7 Å². The molecule has 7 nitrogen and oxygen atoms in total. The molecule has 23 heavy (non-hydrogen) atoms. The van der Waals surface area contributed by atoms with Crippen LogP contribution in [0.3, 0.4) is 0 Å². The van der Waals surface area contributed by atoms with E-state index in [1.54, 1.807) is 13.8 Å². The number of ether oxygens (including phenoxy) is 3. The molecule has 1 rings (SSSR count). The minimum Gasteiger partial charge on any atom is -0.484 e. The lowest BCUT2D eigenvalue weighted by molar-refractivity contribution is -0.386. The van der Waals surface area contributed by atoms with E-state index in [9.17, 15) is 14.9 Å². The van der Waals surface area contributed by atoms with Crippen molar-refractivity contribution < 1.29 is 23.9 Å². The van der Waals surface area contributed by atoms with Gasteiger partial charge in [-0.15, -0.1) is 0 Å². The van der Waals surface area contributed by atoms with Gasteiger partial charge in [0.05, 0.1) is 11.0 Å². The Bertz CT molecular complexity index is 609.